The number of carbonyl (C=O) groups excluding carboxylic acids is 1. The number of benzene rings is 1. The molecule has 0 saturated heterocycles. The van der Waals surface area contributed by atoms with E-state index in [0.717, 1.165) is 17.7 Å². The number of aliphatic carboxylic acids is 1. The van der Waals surface area contributed by atoms with E-state index in [0.29, 0.717) is 11.6 Å². The molecule has 1 amide bonds. The van der Waals surface area contributed by atoms with E-state index < -0.39 is 11.9 Å². The van der Waals surface area contributed by atoms with Gasteiger partial charge in [-0.15, -0.1) is 0 Å². The van der Waals surface area contributed by atoms with Gasteiger partial charge in [-0.1, -0.05) is 26.0 Å². The molecule has 0 saturated carbocycles. The molecule has 0 bridgehead atoms. The molecule has 0 heterocycles. The average Bonchev–Trinajstić information content (AvgIpc) is 2.26. The van der Waals surface area contributed by atoms with Crippen molar-refractivity contribution in [2.24, 2.45) is 0 Å². The van der Waals surface area contributed by atoms with Gasteiger partial charge >= 0.3 is 5.97 Å². The zero-order valence-electron chi connectivity index (χ0n) is 9.81. The molecule has 4 nitrogen and oxygen atoms in total. The molecular formula is C13H15NO3. The predicted octanol–water partition coefficient (Wildman–Crippen LogP) is 2.39. The monoisotopic (exact) mass is 233 g/mol. The Balaban J connectivity index is 2.72. The Morgan fingerprint density at radius 1 is 1.29 bits per heavy atom. The van der Waals surface area contributed by atoms with Crippen LogP contribution in [0.3, 0.4) is 0 Å². The number of carbonyl (C=O) groups is 2. The molecule has 17 heavy (non-hydrogen) atoms. The third-order valence-corrected chi connectivity index (χ3v) is 2.20. The summed E-state index contributed by atoms with van der Waals surface area (Å²) in [5.41, 5.74) is 1.78. The normalized spacial score (nSPS) is 10.8. The first-order valence-corrected chi connectivity index (χ1v) is 5.31. The third-order valence-electron chi connectivity index (χ3n) is 2.20. The summed E-state index contributed by atoms with van der Waals surface area (Å²) >= 11 is 0. The third kappa shape index (κ3) is 4.51. The van der Waals surface area contributed by atoms with E-state index in [-0.39, 0.29) is 0 Å². The van der Waals surface area contributed by atoms with Gasteiger partial charge in [0, 0.05) is 17.8 Å². The Kier molecular flexibility index (Phi) is 4.46. The number of carboxylic acids is 1. The van der Waals surface area contributed by atoms with Crippen molar-refractivity contribution in [3.8, 4) is 0 Å². The van der Waals surface area contributed by atoms with Crippen molar-refractivity contribution in [2.45, 2.75) is 19.8 Å². The predicted molar refractivity (Wildman–Crippen MR) is 65.9 cm³/mol. The number of nitrogens with one attached hydrogen (secondary N) is 1. The summed E-state index contributed by atoms with van der Waals surface area (Å²) in [7, 11) is 0. The number of rotatable bonds is 4. The minimum Gasteiger partial charge on any atom is -0.478 e. The molecule has 1 rings (SSSR count). The first kappa shape index (κ1) is 13.0. The van der Waals surface area contributed by atoms with Gasteiger partial charge in [0.15, 0.2) is 0 Å². The van der Waals surface area contributed by atoms with Gasteiger partial charge in [0.25, 0.3) is 0 Å². The molecular weight excluding hydrogens is 218 g/mol. The average molecular weight is 233 g/mol. The highest BCUT2D eigenvalue weighted by Crippen LogP contribution is 2.18. The summed E-state index contributed by atoms with van der Waals surface area (Å²) in [6, 6.07) is 7.47. The van der Waals surface area contributed by atoms with Gasteiger partial charge < -0.3 is 10.4 Å². The first-order chi connectivity index (χ1) is 7.99. The van der Waals surface area contributed by atoms with Crippen molar-refractivity contribution in [3.05, 3.63) is 42.0 Å². The number of amides is 1. The Labute approximate surface area is 100.0 Å². The lowest BCUT2D eigenvalue weighted by molar-refractivity contribution is -0.131. The topological polar surface area (TPSA) is 66.4 Å². The van der Waals surface area contributed by atoms with E-state index in [4.69, 9.17) is 5.11 Å². The van der Waals surface area contributed by atoms with Crippen molar-refractivity contribution in [1.29, 1.82) is 0 Å². The molecule has 1 aromatic rings. The van der Waals surface area contributed by atoms with E-state index in [2.05, 4.69) is 19.2 Å². The quantitative estimate of drug-likeness (QED) is 0.785. The van der Waals surface area contributed by atoms with Gasteiger partial charge in [-0.25, -0.2) is 4.79 Å². The van der Waals surface area contributed by atoms with Crippen LogP contribution in [0.15, 0.2) is 36.4 Å². The fourth-order valence-electron chi connectivity index (χ4n) is 1.31. The molecule has 0 radical (unpaired) electrons. The second kappa shape index (κ2) is 5.84. The highest BCUT2D eigenvalue weighted by molar-refractivity contribution is 6.02. The fraction of sp³-hybridized carbons (Fsp3) is 0.231. The zero-order valence-corrected chi connectivity index (χ0v) is 9.81. The maximum absolute atomic E-state index is 11.3. The molecule has 0 atom stereocenters. The Morgan fingerprint density at radius 3 is 2.59 bits per heavy atom. The van der Waals surface area contributed by atoms with E-state index in [9.17, 15) is 9.59 Å². The van der Waals surface area contributed by atoms with Crippen LogP contribution in [-0.2, 0) is 9.59 Å². The molecule has 0 aliphatic rings. The Morgan fingerprint density at radius 2 is 2.00 bits per heavy atom. The van der Waals surface area contributed by atoms with E-state index >= 15 is 0 Å². The maximum Gasteiger partial charge on any atom is 0.328 e. The van der Waals surface area contributed by atoms with Gasteiger partial charge in [-0.2, -0.15) is 0 Å². The molecule has 0 spiro atoms. The van der Waals surface area contributed by atoms with Crippen molar-refractivity contribution in [3.63, 3.8) is 0 Å². The molecule has 0 aliphatic heterocycles. The van der Waals surface area contributed by atoms with Crippen LogP contribution < -0.4 is 5.32 Å². The molecule has 0 aliphatic carbocycles. The first-order valence-electron chi connectivity index (χ1n) is 5.31. The van der Waals surface area contributed by atoms with Crippen LogP contribution in [0.1, 0.15) is 25.3 Å². The van der Waals surface area contributed by atoms with Gasteiger partial charge in [0.2, 0.25) is 5.91 Å². The lowest BCUT2D eigenvalue weighted by Crippen LogP contribution is -2.09. The summed E-state index contributed by atoms with van der Waals surface area (Å²) in [5, 5.41) is 11.0. The van der Waals surface area contributed by atoms with Crippen LogP contribution in [0.5, 0.6) is 0 Å². The Bertz CT molecular complexity index is 450. The second-order valence-electron chi connectivity index (χ2n) is 3.94. The summed E-state index contributed by atoms with van der Waals surface area (Å²) in [4.78, 5) is 21.6. The van der Waals surface area contributed by atoms with Crippen molar-refractivity contribution >= 4 is 17.6 Å². The zero-order chi connectivity index (χ0) is 12.8. The van der Waals surface area contributed by atoms with Crippen LogP contribution >= 0.6 is 0 Å². The fourth-order valence-corrected chi connectivity index (χ4v) is 1.31. The minimum absolute atomic E-state index is 0.376. The van der Waals surface area contributed by atoms with E-state index in [1.54, 1.807) is 6.07 Å². The van der Waals surface area contributed by atoms with Crippen molar-refractivity contribution < 1.29 is 14.7 Å². The van der Waals surface area contributed by atoms with Crippen LogP contribution in [0, 0.1) is 0 Å². The summed E-state index contributed by atoms with van der Waals surface area (Å²) in [5.74, 6) is -1.22. The van der Waals surface area contributed by atoms with Gasteiger partial charge in [-0.05, 0) is 23.6 Å². The standard InChI is InChI=1S/C13H15NO3/c1-9(2)10-4-3-5-11(8-10)14-12(15)6-7-13(16)17/h3-9H,1-2H3,(H,14,15)(H,16,17). The molecule has 0 fully saturated rings. The number of anilines is 1. The van der Waals surface area contributed by atoms with Crippen molar-refractivity contribution in [2.75, 3.05) is 5.32 Å². The van der Waals surface area contributed by atoms with E-state index in [1.165, 1.54) is 0 Å². The highest BCUT2D eigenvalue weighted by atomic mass is 16.4. The number of hydrogen-bond donors (Lipinski definition) is 2. The van der Waals surface area contributed by atoms with Gasteiger partial charge in [-0.3, -0.25) is 4.79 Å². The van der Waals surface area contributed by atoms with E-state index in [1.807, 2.05) is 18.2 Å². The molecule has 0 unspecified atom stereocenters. The minimum atomic E-state index is -1.14. The second-order valence-corrected chi connectivity index (χ2v) is 3.94. The molecule has 1 aromatic carbocycles. The summed E-state index contributed by atoms with van der Waals surface area (Å²) in [6.45, 7) is 4.12. The van der Waals surface area contributed by atoms with Crippen LogP contribution in [0.25, 0.3) is 0 Å². The highest BCUT2D eigenvalue weighted by Gasteiger charge is 2.02. The molecule has 0 aromatic heterocycles. The maximum atomic E-state index is 11.3. The van der Waals surface area contributed by atoms with Gasteiger partial charge in [0.05, 0.1) is 0 Å². The number of carboxylic acid groups (broad SMARTS) is 1. The van der Waals surface area contributed by atoms with Crippen LogP contribution in [-0.4, -0.2) is 17.0 Å². The lowest BCUT2D eigenvalue weighted by Gasteiger charge is -2.08. The summed E-state index contributed by atoms with van der Waals surface area (Å²) < 4.78 is 0. The summed E-state index contributed by atoms with van der Waals surface area (Å²) in [6.07, 6.45) is 1.80. The van der Waals surface area contributed by atoms with Gasteiger partial charge in [0.1, 0.15) is 0 Å². The molecule has 90 valence electrons. The van der Waals surface area contributed by atoms with Crippen LogP contribution in [0.4, 0.5) is 5.69 Å². The SMILES string of the molecule is CC(C)c1cccc(NC(=O)C=CC(=O)O)c1. The largest absolute Gasteiger partial charge is 0.478 e. The number of hydrogen-bond acceptors (Lipinski definition) is 2. The molecule has 2 N–H and O–H groups in total. The molecule has 4 heteroatoms. The lowest BCUT2D eigenvalue weighted by atomic mass is 10.0. The Hall–Kier alpha value is -2.10. The van der Waals surface area contributed by atoms with Crippen LogP contribution in [0.2, 0.25) is 0 Å². The van der Waals surface area contributed by atoms with Crippen molar-refractivity contribution in [1.82, 2.24) is 0 Å². The smallest absolute Gasteiger partial charge is 0.328 e.